The van der Waals surface area contributed by atoms with E-state index in [4.69, 9.17) is 29.4 Å². The summed E-state index contributed by atoms with van der Waals surface area (Å²) >= 11 is 0. The quantitative estimate of drug-likeness (QED) is 0.00635. The fourth-order valence-electron chi connectivity index (χ4n) is 6.46. The van der Waals surface area contributed by atoms with Crippen LogP contribution < -0.4 is 32.0 Å². The number of nitrogens with one attached hydrogen (secondary N) is 4. The average molecular weight is 990 g/mol. The zero-order valence-electron chi connectivity index (χ0n) is 38.2. The lowest BCUT2D eigenvalue weighted by molar-refractivity contribution is -0.136. The van der Waals surface area contributed by atoms with Crippen LogP contribution >= 0.6 is 0 Å². The zero-order chi connectivity index (χ0) is 50.4. The van der Waals surface area contributed by atoms with Crippen LogP contribution in [-0.4, -0.2) is 135 Å². The number of aryl methyl sites for hydroxylation is 1. The van der Waals surface area contributed by atoms with E-state index in [-0.39, 0.29) is 87.9 Å². The number of nitrogens with zero attached hydrogens (tertiary/aromatic N) is 6. The number of rotatable bonds is 31. The number of unbranched alkanes of at least 4 members (excludes halogenated alkanes) is 1. The summed E-state index contributed by atoms with van der Waals surface area (Å²) in [7, 11) is 0. The number of hydrogen-bond acceptors (Lipinski definition) is 18. The highest BCUT2D eigenvalue weighted by atomic mass is 19.2. The third-order valence-corrected chi connectivity index (χ3v) is 10.1. The summed E-state index contributed by atoms with van der Waals surface area (Å²) in [6.45, 7) is 4.08. The molecule has 22 nitrogen and oxygen atoms in total. The average Bonchev–Trinajstić information content (AvgIpc) is 3.80. The Morgan fingerprint density at radius 2 is 1.51 bits per heavy atom. The van der Waals surface area contributed by atoms with E-state index in [1.165, 1.54) is 13.1 Å². The van der Waals surface area contributed by atoms with Gasteiger partial charge in [0, 0.05) is 36.0 Å². The highest BCUT2D eigenvalue weighted by Gasteiger charge is 2.27. The van der Waals surface area contributed by atoms with Gasteiger partial charge in [0.05, 0.1) is 90.0 Å². The van der Waals surface area contributed by atoms with Crippen molar-refractivity contribution in [3.8, 4) is 5.75 Å². The van der Waals surface area contributed by atoms with Crippen molar-refractivity contribution >= 4 is 40.6 Å². The molecule has 2 aromatic carbocycles. The number of halogens is 4. The van der Waals surface area contributed by atoms with Crippen LogP contribution in [0.15, 0.2) is 41.5 Å². The number of nitrogen functional groups attached to an aromatic ring is 1. The van der Waals surface area contributed by atoms with Crippen molar-refractivity contribution in [2.45, 2.75) is 77.3 Å². The molecule has 1 atom stereocenters. The lowest BCUT2D eigenvalue weighted by Gasteiger charge is -2.19. The van der Waals surface area contributed by atoms with Crippen LogP contribution in [-0.2, 0) is 54.5 Å². The summed E-state index contributed by atoms with van der Waals surface area (Å²) in [5, 5.41) is 35.8. The number of carbonyl (C=O) groups excluding carboxylic acids is 3. The Labute approximate surface area is 397 Å². The van der Waals surface area contributed by atoms with Crippen LogP contribution in [0.3, 0.4) is 0 Å². The highest BCUT2D eigenvalue weighted by molar-refractivity contribution is 5.97. The summed E-state index contributed by atoms with van der Waals surface area (Å²) in [4.78, 5) is 65.1. The van der Waals surface area contributed by atoms with Crippen molar-refractivity contribution in [3.63, 3.8) is 0 Å². The van der Waals surface area contributed by atoms with Crippen molar-refractivity contribution in [1.82, 2.24) is 45.6 Å². The van der Waals surface area contributed by atoms with Gasteiger partial charge in [0.2, 0.25) is 23.5 Å². The van der Waals surface area contributed by atoms with E-state index in [2.05, 4.69) is 46.2 Å². The Balaban J connectivity index is 0.874. The van der Waals surface area contributed by atoms with Crippen LogP contribution in [0.2, 0.25) is 0 Å². The third-order valence-electron chi connectivity index (χ3n) is 10.1. The molecule has 2 amide bonds. The number of aromatic nitrogens is 7. The molecule has 0 saturated carbocycles. The van der Waals surface area contributed by atoms with Crippen molar-refractivity contribution < 1.29 is 65.8 Å². The highest BCUT2D eigenvalue weighted by Crippen LogP contribution is 2.31. The van der Waals surface area contributed by atoms with Gasteiger partial charge < -0.3 is 55.6 Å². The Kier molecular flexibility index (Phi) is 21.8. The van der Waals surface area contributed by atoms with E-state index >= 15 is 0 Å². The van der Waals surface area contributed by atoms with Gasteiger partial charge >= 0.3 is 5.97 Å². The number of esters is 1. The molecule has 3 aromatic heterocycles. The normalized spacial score (nSPS) is 11.8. The Morgan fingerprint density at radius 3 is 2.20 bits per heavy atom. The number of aromatic amines is 1. The molecule has 3 heterocycles. The standard InChI is InChI=1S/C44H55F4N11O11/c1-2-30-34(45)35(46)36(47)37(48)39(30)70-33(62)12-15-66-17-19-68-21-22-69-20-18-67-16-14-59-25-28(57-58-59)5-3-4-13-50-42(64)31(10-11-32(60)61)54-41(63)26-6-8-27(9-7-26)51-23-29-24-52-40-38(53-29)43(65)56-44(49)55-40/h6-9,24-25,31-32,51,60-61H,2-5,10-23H2,1H3,(H,50,64)(H,54,63)(H3,49,52,55,56,65)/t31-/m0/s1. The molecule has 0 aliphatic heterocycles. The Hall–Kier alpha value is -6.71. The van der Waals surface area contributed by atoms with Crippen LogP contribution in [0.1, 0.15) is 66.3 Å². The topological polar surface area (TPSA) is 302 Å². The molecule has 5 aromatic rings. The summed E-state index contributed by atoms with van der Waals surface area (Å²) in [6.07, 6.45) is 2.76. The SMILES string of the molecule is CCc1c(F)c(F)c(F)c(F)c1OC(=O)CCOCCOCCOCCOCCn1cc(CCCCNC(=O)[C@H](CCC(O)O)NC(=O)c2ccc(NCc3cnc4nc(N)[nH]c(=O)c4n3)cc2)nn1. The fraction of sp³-hybridized carbons (Fsp3) is 0.477. The maximum atomic E-state index is 14.1. The molecule has 5 rings (SSSR count). The number of aliphatic hydroxyl groups excluding tert-OH is 1. The van der Waals surface area contributed by atoms with Gasteiger partial charge in [0.1, 0.15) is 6.04 Å². The van der Waals surface area contributed by atoms with Crippen LogP contribution in [0.5, 0.6) is 5.75 Å². The number of carbonyl (C=O) groups is 3. The molecule has 0 aliphatic rings. The maximum absolute atomic E-state index is 14.1. The molecule has 0 aliphatic carbocycles. The molecular formula is C44H55F4N11O11. The van der Waals surface area contributed by atoms with Crippen molar-refractivity contribution in [3.05, 3.63) is 92.8 Å². The van der Waals surface area contributed by atoms with Crippen molar-refractivity contribution in [2.24, 2.45) is 0 Å². The minimum Gasteiger partial charge on any atom is -0.423 e. The lowest BCUT2D eigenvalue weighted by atomic mass is 10.1. The summed E-state index contributed by atoms with van der Waals surface area (Å²) in [5.41, 5.74) is 6.76. The first-order valence-electron chi connectivity index (χ1n) is 22.3. The molecule has 0 saturated heterocycles. The predicted molar refractivity (Wildman–Crippen MR) is 240 cm³/mol. The number of nitrogens with two attached hydrogens (primary N) is 1. The van der Waals surface area contributed by atoms with Crippen molar-refractivity contribution in [2.75, 3.05) is 70.5 Å². The van der Waals surface area contributed by atoms with E-state index in [0.29, 0.717) is 63.6 Å². The van der Waals surface area contributed by atoms with E-state index < -0.39 is 70.3 Å². The van der Waals surface area contributed by atoms with E-state index in [1.54, 1.807) is 35.1 Å². The second-order valence-electron chi connectivity index (χ2n) is 15.3. The van der Waals surface area contributed by atoms with E-state index in [1.807, 2.05) is 0 Å². The van der Waals surface area contributed by atoms with Gasteiger partial charge in [-0.3, -0.25) is 24.2 Å². The second kappa shape index (κ2) is 28.1. The van der Waals surface area contributed by atoms with E-state index in [9.17, 15) is 47.0 Å². The lowest BCUT2D eigenvalue weighted by Crippen LogP contribution is -2.47. The number of anilines is 2. The second-order valence-corrected chi connectivity index (χ2v) is 15.3. The van der Waals surface area contributed by atoms with Gasteiger partial charge in [-0.05, 0) is 56.4 Å². The molecule has 26 heteroatoms. The molecule has 0 fully saturated rings. The number of H-pyrrole nitrogens is 1. The first-order valence-corrected chi connectivity index (χ1v) is 22.3. The smallest absolute Gasteiger partial charge is 0.313 e. The summed E-state index contributed by atoms with van der Waals surface area (Å²) in [6, 6.07) is 5.41. The summed E-state index contributed by atoms with van der Waals surface area (Å²) < 4.78 is 83.1. The van der Waals surface area contributed by atoms with Gasteiger partial charge in [-0.1, -0.05) is 12.1 Å². The van der Waals surface area contributed by atoms with Gasteiger partial charge in [-0.15, -0.1) is 5.10 Å². The molecule has 0 unspecified atom stereocenters. The predicted octanol–water partition coefficient (Wildman–Crippen LogP) is 2.01. The van der Waals surface area contributed by atoms with Gasteiger partial charge in [-0.2, -0.15) is 9.37 Å². The minimum absolute atomic E-state index is 0.0139. The number of ether oxygens (including phenoxy) is 5. The number of amides is 2. The molecular weight excluding hydrogens is 935 g/mol. The Bertz CT molecular complexity index is 2550. The first kappa shape index (κ1) is 54.2. The largest absolute Gasteiger partial charge is 0.423 e. The molecule has 8 N–H and O–H groups in total. The molecule has 70 heavy (non-hydrogen) atoms. The zero-order valence-corrected chi connectivity index (χ0v) is 38.2. The van der Waals surface area contributed by atoms with Gasteiger partial charge in [0.25, 0.3) is 11.5 Å². The fourth-order valence-corrected chi connectivity index (χ4v) is 6.46. The van der Waals surface area contributed by atoms with Crippen LogP contribution in [0.25, 0.3) is 11.2 Å². The third kappa shape index (κ3) is 17.1. The first-order chi connectivity index (χ1) is 33.7. The Morgan fingerprint density at radius 1 is 0.843 bits per heavy atom. The van der Waals surface area contributed by atoms with Crippen LogP contribution in [0.4, 0.5) is 29.2 Å². The van der Waals surface area contributed by atoms with Crippen LogP contribution in [0, 0.1) is 23.3 Å². The van der Waals surface area contributed by atoms with Gasteiger partial charge in [-0.25, -0.2) is 27.8 Å². The maximum Gasteiger partial charge on any atom is 0.313 e. The minimum atomic E-state index is -2.06. The van der Waals surface area contributed by atoms with Crippen molar-refractivity contribution in [1.29, 1.82) is 0 Å². The van der Waals surface area contributed by atoms with Gasteiger partial charge in [0.15, 0.2) is 34.8 Å². The number of benzene rings is 2. The number of hydrogen-bond donors (Lipinski definition) is 7. The summed E-state index contributed by atoms with van der Waals surface area (Å²) in [5.74, 6) is -10.5. The molecule has 0 spiro atoms. The number of aliphatic hydroxyl groups is 2. The monoisotopic (exact) mass is 989 g/mol. The number of fused-ring (bicyclic) bond motifs is 1. The molecule has 0 bridgehead atoms. The van der Waals surface area contributed by atoms with E-state index in [0.717, 1.165) is 5.69 Å². The molecule has 380 valence electrons. The molecule has 0 radical (unpaired) electrons.